The number of carbonyl (C=O) groups excluding carboxylic acids is 1. The van der Waals surface area contributed by atoms with Crippen molar-refractivity contribution in [1.82, 2.24) is 0 Å². The molecule has 4 saturated carbocycles. The predicted molar refractivity (Wildman–Crippen MR) is 120 cm³/mol. The second kappa shape index (κ2) is 6.57. The number of ketones is 1. The second-order valence-corrected chi connectivity index (χ2v) is 12.2. The molecule has 5 rings (SSSR count). The maximum absolute atomic E-state index is 13.4. The minimum Gasteiger partial charge on any atom is -0.294 e. The molecule has 29 heavy (non-hydrogen) atoms. The molecule has 1 heteroatoms. The first-order valence-corrected chi connectivity index (χ1v) is 12.7. The number of carbonyl (C=O) groups is 1. The van der Waals surface area contributed by atoms with E-state index in [2.05, 4.69) is 52.8 Å². The van der Waals surface area contributed by atoms with Gasteiger partial charge in [0.2, 0.25) is 0 Å². The van der Waals surface area contributed by atoms with Crippen molar-refractivity contribution in [2.24, 2.45) is 51.8 Å². The van der Waals surface area contributed by atoms with E-state index in [1.54, 1.807) is 5.57 Å². The summed E-state index contributed by atoms with van der Waals surface area (Å²) >= 11 is 0. The Bertz CT molecular complexity index is 760. The molecule has 1 spiro atoms. The smallest absolute Gasteiger partial charge is 0.162 e. The Morgan fingerprint density at radius 2 is 1.86 bits per heavy atom. The molecule has 0 aromatic heterocycles. The topological polar surface area (TPSA) is 17.1 Å². The Morgan fingerprint density at radius 3 is 2.59 bits per heavy atom. The van der Waals surface area contributed by atoms with Crippen molar-refractivity contribution in [3.05, 3.63) is 23.8 Å². The Labute approximate surface area is 178 Å². The molecule has 0 amide bonds. The zero-order chi connectivity index (χ0) is 20.6. The van der Waals surface area contributed by atoms with E-state index in [-0.39, 0.29) is 10.8 Å². The first-order chi connectivity index (χ1) is 13.8. The first-order valence-electron chi connectivity index (χ1n) is 12.7. The van der Waals surface area contributed by atoms with E-state index in [0.717, 1.165) is 11.8 Å². The van der Waals surface area contributed by atoms with Crippen molar-refractivity contribution in [3.63, 3.8) is 0 Å². The zero-order valence-corrected chi connectivity index (χ0v) is 19.5. The molecule has 160 valence electrons. The van der Waals surface area contributed by atoms with Gasteiger partial charge in [0.05, 0.1) is 0 Å². The van der Waals surface area contributed by atoms with E-state index >= 15 is 0 Å². The lowest BCUT2D eigenvalue weighted by Gasteiger charge is -2.54. The van der Waals surface area contributed by atoms with E-state index in [9.17, 15) is 4.79 Å². The highest BCUT2D eigenvalue weighted by Gasteiger charge is 2.76. The molecule has 5 aliphatic carbocycles. The Morgan fingerprint density at radius 1 is 1.07 bits per heavy atom. The number of allylic oxidation sites excluding steroid dienone is 4. The van der Waals surface area contributed by atoms with Gasteiger partial charge in [0, 0.05) is 5.41 Å². The minimum absolute atomic E-state index is 0.0678. The summed E-state index contributed by atoms with van der Waals surface area (Å²) < 4.78 is 0. The van der Waals surface area contributed by atoms with Gasteiger partial charge >= 0.3 is 0 Å². The van der Waals surface area contributed by atoms with Crippen LogP contribution in [0.4, 0.5) is 0 Å². The van der Waals surface area contributed by atoms with Crippen LogP contribution in [0.5, 0.6) is 0 Å². The molecule has 4 fully saturated rings. The van der Waals surface area contributed by atoms with Gasteiger partial charge in [-0.25, -0.2) is 0 Å². The van der Waals surface area contributed by atoms with Crippen LogP contribution in [0.1, 0.15) is 92.4 Å². The molecule has 0 N–H and O–H groups in total. The van der Waals surface area contributed by atoms with Gasteiger partial charge in [-0.15, -0.1) is 0 Å². The molecule has 0 saturated heterocycles. The van der Waals surface area contributed by atoms with Gasteiger partial charge < -0.3 is 0 Å². The van der Waals surface area contributed by atoms with Crippen LogP contribution in [0.2, 0.25) is 0 Å². The van der Waals surface area contributed by atoms with Crippen molar-refractivity contribution < 1.29 is 4.79 Å². The molecule has 9 atom stereocenters. The summed E-state index contributed by atoms with van der Waals surface area (Å²) in [6, 6.07) is 0. The van der Waals surface area contributed by atoms with Crippen LogP contribution in [0.3, 0.4) is 0 Å². The largest absolute Gasteiger partial charge is 0.294 e. The normalized spacial score (nSPS) is 49.8. The van der Waals surface area contributed by atoms with Gasteiger partial charge in [-0.3, -0.25) is 4.79 Å². The van der Waals surface area contributed by atoms with Gasteiger partial charge in [0.1, 0.15) is 0 Å². The maximum atomic E-state index is 13.4. The highest BCUT2D eigenvalue weighted by molar-refractivity contribution is 6.00. The van der Waals surface area contributed by atoms with Crippen molar-refractivity contribution in [3.8, 4) is 0 Å². The van der Waals surface area contributed by atoms with Crippen LogP contribution in [-0.2, 0) is 4.79 Å². The molecule has 0 aliphatic heterocycles. The molecule has 0 aromatic rings. The molecule has 1 nitrogen and oxygen atoms in total. The van der Waals surface area contributed by atoms with Crippen LogP contribution in [0.25, 0.3) is 0 Å². The molecule has 5 aliphatic rings. The van der Waals surface area contributed by atoms with Crippen LogP contribution in [0.15, 0.2) is 23.8 Å². The fourth-order valence-corrected chi connectivity index (χ4v) is 9.26. The lowest BCUT2D eigenvalue weighted by atomic mass is 9.49. The van der Waals surface area contributed by atoms with E-state index in [0.29, 0.717) is 34.9 Å². The molecule has 0 aromatic carbocycles. The summed E-state index contributed by atoms with van der Waals surface area (Å²) in [7, 11) is 0. The number of fused-ring (bicyclic) bond motifs is 4. The third-order valence-corrected chi connectivity index (χ3v) is 11.0. The number of hydrogen-bond donors (Lipinski definition) is 0. The molecule has 1 unspecified atom stereocenters. The van der Waals surface area contributed by atoms with Crippen LogP contribution < -0.4 is 0 Å². The zero-order valence-electron chi connectivity index (χ0n) is 19.5. The first kappa shape index (κ1) is 20.1. The van der Waals surface area contributed by atoms with Gasteiger partial charge in [-0.2, -0.15) is 0 Å². The van der Waals surface area contributed by atoms with Crippen LogP contribution >= 0.6 is 0 Å². The molecular weight excluding hydrogens is 352 g/mol. The maximum Gasteiger partial charge on any atom is 0.162 e. The highest BCUT2D eigenvalue weighted by atomic mass is 16.1. The Hall–Kier alpha value is -0.850. The predicted octanol–water partition coefficient (Wildman–Crippen LogP) is 7.37. The lowest BCUT2D eigenvalue weighted by Crippen LogP contribution is -2.50. The molecule has 0 heterocycles. The summed E-state index contributed by atoms with van der Waals surface area (Å²) in [5, 5.41) is 0. The van der Waals surface area contributed by atoms with Crippen LogP contribution in [0, 0.1) is 51.8 Å². The summed E-state index contributed by atoms with van der Waals surface area (Å²) in [5.41, 5.74) is 2.34. The van der Waals surface area contributed by atoms with Gasteiger partial charge in [0.15, 0.2) is 5.78 Å². The monoisotopic (exact) mass is 394 g/mol. The number of hydrogen-bond acceptors (Lipinski definition) is 1. The molecular formula is C28H42O. The number of rotatable bonds is 5. The second-order valence-electron chi connectivity index (χ2n) is 12.2. The quantitative estimate of drug-likeness (QED) is 0.445. The van der Waals surface area contributed by atoms with Crippen molar-refractivity contribution in [2.75, 3.05) is 0 Å². The average Bonchev–Trinajstić information content (AvgIpc) is 3.21. The van der Waals surface area contributed by atoms with Gasteiger partial charge in [-0.1, -0.05) is 58.8 Å². The standard InChI is InChI=1S/C28H42O/c1-6-7-18(2)8-9-19(3)22-10-11-23-21-16-25(29)28-17-20(28)12-15-27(28,5)24(21)13-14-26(22,23)4/h8-9,16,18-20,22-24H,6-7,10-15,17H2,1-5H3/b9-8+/t18-,19-,20-,22-,23+,24+,26-,27-,28?/m1/s1. The lowest BCUT2D eigenvalue weighted by molar-refractivity contribution is -0.127. The van der Waals surface area contributed by atoms with Crippen molar-refractivity contribution in [1.29, 1.82) is 0 Å². The molecule has 0 bridgehead atoms. The molecule has 0 radical (unpaired) electrons. The summed E-state index contributed by atoms with van der Waals surface area (Å²) in [6.45, 7) is 12.2. The fraction of sp³-hybridized carbons (Fsp3) is 0.821. The summed E-state index contributed by atoms with van der Waals surface area (Å²) in [6.07, 6.45) is 19.0. The van der Waals surface area contributed by atoms with Crippen molar-refractivity contribution in [2.45, 2.75) is 92.4 Å². The summed E-state index contributed by atoms with van der Waals surface area (Å²) in [5.74, 6) is 4.73. The van der Waals surface area contributed by atoms with E-state index in [1.807, 2.05) is 0 Å². The van der Waals surface area contributed by atoms with E-state index in [4.69, 9.17) is 0 Å². The minimum atomic E-state index is 0.0678. The van der Waals surface area contributed by atoms with Crippen molar-refractivity contribution >= 4 is 5.78 Å². The van der Waals surface area contributed by atoms with E-state index in [1.165, 1.54) is 57.8 Å². The Kier molecular flexibility index (Phi) is 4.55. The third-order valence-electron chi connectivity index (χ3n) is 11.0. The van der Waals surface area contributed by atoms with Gasteiger partial charge in [0.25, 0.3) is 0 Å². The van der Waals surface area contributed by atoms with Gasteiger partial charge in [-0.05, 0) is 104 Å². The highest BCUT2D eigenvalue weighted by Crippen LogP contribution is 2.79. The summed E-state index contributed by atoms with van der Waals surface area (Å²) in [4.78, 5) is 13.4. The third kappa shape index (κ3) is 2.54. The average molecular weight is 395 g/mol. The van der Waals surface area contributed by atoms with E-state index < -0.39 is 0 Å². The fourth-order valence-electron chi connectivity index (χ4n) is 9.26. The SMILES string of the molecule is CCC[C@@H](C)/C=C/[C@@H](C)[C@H]1CC[C@H]2C3=CC(=O)C45C[C@H]4CC[C@]5(C)[C@H]3CC[C@]12C. The Balaban J connectivity index is 1.40. The van der Waals surface area contributed by atoms with Crippen LogP contribution in [-0.4, -0.2) is 5.78 Å².